The summed E-state index contributed by atoms with van der Waals surface area (Å²) in [6, 6.07) is 9.51. The van der Waals surface area contributed by atoms with Gasteiger partial charge < -0.3 is 9.47 Å². The first-order valence-electron chi connectivity index (χ1n) is 8.69. The predicted molar refractivity (Wildman–Crippen MR) is 105 cm³/mol. The monoisotopic (exact) mass is 400 g/mol. The summed E-state index contributed by atoms with van der Waals surface area (Å²) in [5.74, 6) is -1.34. The molecule has 1 amide bonds. The molecule has 0 saturated heterocycles. The molecule has 2 aromatic carbocycles. The lowest BCUT2D eigenvalue weighted by atomic mass is 10.2. The number of benzene rings is 2. The van der Waals surface area contributed by atoms with E-state index in [-0.39, 0.29) is 22.8 Å². The Hall–Kier alpha value is -3.55. The van der Waals surface area contributed by atoms with Crippen molar-refractivity contribution < 1.29 is 28.2 Å². The van der Waals surface area contributed by atoms with Crippen LogP contribution in [0, 0.1) is 5.82 Å². The summed E-state index contributed by atoms with van der Waals surface area (Å²) in [7, 11) is 0. The average Bonchev–Trinajstić information content (AvgIpc) is 2.60. The fraction of sp³-hybridized carbons (Fsp3) is 0.238. The standard InChI is InChI=1S/C21H21FN2O5/c1-13(24-20(27)29-21(2,3)4)23-15-7-10-17(18(22)11-15)19(26)28-16-8-5-14(12-25)6-9-16/h5-12H,1-4H3,(H,23,24,27). The lowest BCUT2D eigenvalue weighted by Gasteiger charge is -2.19. The van der Waals surface area contributed by atoms with E-state index in [1.807, 2.05) is 0 Å². The van der Waals surface area contributed by atoms with Crippen molar-refractivity contribution in [2.45, 2.75) is 33.3 Å². The smallest absolute Gasteiger partial charge is 0.413 e. The van der Waals surface area contributed by atoms with Crippen molar-refractivity contribution in [3.05, 3.63) is 59.4 Å². The van der Waals surface area contributed by atoms with E-state index in [4.69, 9.17) is 9.47 Å². The molecular formula is C21H21FN2O5. The van der Waals surface area contributed by atoms with Gasteiger partial charge in [-0.05, 0) is 64.1 Å². The molecule has 0 aliphatic heterocycles. The van der Waals surface area contributed by atoms with Gasteiger partial charge >= 0.3 is 12.1 Å². The van der Waals surface area contributed by atoms with Crippen LogP contribution in [0.1, 0.15) is 48.4 Å². The summed E-state index contributed by atoms with van der Waals surface area (Å²) in [6.45, 7) is 6.70. The number of aldehydes is 1. The van der Waals surface area contributed by atoms with Gasteiger partial charge in [0.05, 0.1) is 11.3 Å². The molecule has 0 atom stereocenters. The van der Waals surface area contributed by atoms with Crippen molar-refractivity contribution in [3.8, 4) is 5.75 Å². The predicted octanol–water partition coefficient (Wildman–Crippen LogP) is 4.43. The number of alkyl carbamates (subject to hydrolysis) is 1. The van der Waals surface area contributed by atoms with Gasteiger partial charge in [0.2, 0.25) is 0 Å². The van der Waals surface area contributed by atoms with Crippen molar-refractivity contribution in [3.63, 3.8) is 0 Å². The van der Waals surface area contributed by atoms with Crippen molar-refractivity contribution in [2.75, 3.05) is 0 Å². The number of carbonyl (C=O) groups excluding carboxylic acids is 3. The molecule has 7 nitrogen and oxygen atoms in total. The molecule has 0 spiro atoms. The Morgan fingerprint density at radius 1 is 1.10 bits per heavy atom. The average molecular weight is 400 g/mol. The van der Waals surface area contributed by atoms with Gasteiger partial charge in [-0.15, -0.1) is 0 Å². The van der Waals surface area contributed by atoms with Crippen LogP contribution in [-0.2, 0) is 4.74 Å². The van der Waals surface area contributed by atoms with Gasteiger partial charge in [-0.2, -0.15) is 0 Å². The molecule has 1 N–H and O–H groups in total. The maximum atomic E-state index is 14.3. The van der Waals surface area contributed by atoms with Crippen molar-refractivity contribution in [1.29, 1.82) is 0 Å². The number of rotatable bonds is 4. The summed E-state index contributed by atoms with van der Waals surface area (Å²) < 4.78 is 24.5. The number of aliphatic imine (C=N–C) groups is 1. The number of amidine groups is 1. The van der Waals surface area contributed by atoms with Crippen molar-refractivity contribution in [1.82, 2.24) is 5.32 Å². The number of esters is 1. The van der Waals surface area contributed by atoms with Crippen LogP contribution in [0.3, 0.4) is 0 Å². The van der Waals surface area contributed by atoms with Crippen molar-refractivity contribution in [2.24, 2.45) is 4.99 Å². The second kappa shape index (κ2) is 9.09. The topological polar surface area (TPSA) is 94.1 Å². The fourth-order valence-electron chi connectivity index (χ4n) is 2.19. The molecule has 0 unspecified atom stereocenters. The molecular weight excluding hydrogens is 379 g/mol. The first kappa shape index (κ1) is 21.7. The lowest BCUT2D eigenvalue weighted by Crippen LogP contribution is -2.35. The number of nitrogens with zero attached hydrogens (tertiary/aromatic N) is 1. The zero-order valence-corrected chi connectivity index (χ0v) is 16.5. The van der Waals surface area contributed by atoms with Gasteiger partial charge in [0.15, 0.2) is 0 Å². The summed E-state index contributed by atoms with van der Waals surface area (Å²) in [6.07, 6.45) is -0.0236. The number of hydrogen-bond acceptors (Lipinski definition) is 6. The number of nitrogens with one attached hydrogen (secondary N) is 1. The summed E-state index contributed by atoms with van der Waals surface area (Å²) in [5.41, 5.74) is -0.316. The largest absolute Gasteiger partial charge is 0.444 e. The van der Waals surface area contributed by atoms with E-state index in [0.29, 0.717) is 11.8 Å². The van der Waals surface area contributed by atoms with Crippen LogP contribution < -0.4 is 10.1 Å². The number of hydrogen-bond donors (Lipinski definition) is 1. The number of ether oxygens (including phenoxy) is 2. The third-order valence-corrected chi connectivity index (χ3v) is 3.38. The molecule has 8 heteroatoms. The third kappa shape index (κ3) is 6.84. The number of amides is 1. The first-order valence-corrected chi connectivity index (χ1v) is 8.69. The second-order valence-corrected chi connectivity index (χ2v) is 7.06. The quantitative estimate of drug-likeness (QED) is 0.269. The first-order chi connectivity index (χ1) is 13.6. The summed E-state index contributed by atoms with van der Waals surface area (Å²) in [4.78, 5) is 38.6. The summed E-state index contributed by atoms with van der Waals surface area (Å²) in [5, 5.41) is 2.43. The lowest BCUT2D eigenvalue weighted by molar-refractivity contribution is 0.0562. The Balaban J connectivity index is 2.07. The van der Waals surface area contributed by atoms with Crippen LogP contribution in [0.4, 0.5) is 14.9 Å². The minimum absolute atomic E-state index is 0.180. The maximum Gasteiger partial charge on any atom is 0.413 e. The molecule has 2 rings (SSSR count). The van der Waals surface area contributed by atoms with Gasteiger partial charge in [-0.25, -0.2) is 19.0 Å². The highest BCUT2D eigenvalue weighted by Gasteiger charge is 2.17. The van der Waals surface area contributed by atoms with Crippen LogP contribution in [-0.4, -0.2) is 29.8 Å². The number of halogens is 1. The SMILES string of the molecule is CC(=Nc1ccc(C(=O)Oc2ccc(C=O)cc2)c(F)c1)NC(=O)OC(C)(C)C. The number of carbonyl (C=O) groups is 3. The fourth-order valence-corrected chi connectivity index (χ4v) is 2.19. The molecule has 0 fully saturated rings. The highest BCUT2D eigenvalue weighted by atomic mass is 19.1. The zero-order valence-electron chi connectivity index (χ0n) is 16.5. The van der Waals surface area contributed by atoms with E-state index < -0.39 is 23.5 Å². The Morgan fingerprint density at radius 2 is 1.76 bits per heavy atom. The third-order valence-electron chi connectivity index (χ3n) is 3.38. The van der Waals surface area contributed by atoms with Crippen LogP contribution in [0.5, 0.6) is 5.75 Å². The van der Waals surface area contributed by atoms with E-state index in [1.54, 1.807) is 20.8 Å². The van der Waals surface area contributed by atoms with Crippen LogP contribution in [0.25, 0.3) is 0 Å². The maximum absolute atomic E-state index is 14.3. The molecule has 0 radical (unpaired) electrons. The molecule has 152 valence electrons. The van der Waals surface area contributed by atoms with Gasteiger partial charge in [0, 0.05) is 11.6 Å². The highest BCUT2D eigenvalue weighted by molar-refractivity contribution is 5.95. The van der Waals surface area contributed by atoms with E-state index >= 15 is 0 Å². The Kier molecular flexibility index (Phi) is 6.82. The zero-order chi connectivity index (χ0) is 21.6. The Labute approximate surface area is 167 Å². The molecule has 0 bridgehead atoms. The molecule has 0 aromatic heterocycles. The molecule has 0 heterocycles. The van der Waals surface area contributed by atoms with Gasteiger partial charge in [0.1, 0.15) is 29.3 Å². The van der Waals surface area contributed by atoms with E-state index in [0.717, 1.165) is 6.07 Å². The van der Waals surface area contributed by atoms with E-state index in [2.05, 4.69) is 10.3 Å². The van der Waals surface area contributed by atoms with Crippen LogP contribution in [0.15, 0.2) is 47.5 Å². The van der Waals surface area contributed by atoms with Crippen molar-refractivity contribution >= 4 is 29.9 Å². The molecule has 0 saturated carbocycles. The van der Waals surface area contributed by atoms with Crippen LogP contribution >= 0.6 is 0 Å². The Bertz CT molecular complexity index is 947. The Morgan fingerprint density at radius 3 is 2.31 bits per heavy atom. The van der Waals surface area contributed by atoms with Gasteiger partial charge in [-0.1, -0.05) is 0 Å². The van der Waals surface area contributed by atoms with Crippen LogP contribution in [0.2, 0.25) is 0 Å². The van der Waals surface area contributed by atoms with E-state index in [1.165, 1.54) is 43.3 Å². The van der Waals surface area contributed by atoms with Gasteiger partial charge in [0.25, 0.3) is 0 Å². The second-order valence-electron chi connectivity index (χ2n) is 7.06. The highest BCUT2D eigenvalue weighted by Crippen LogP contribution is 2.20. The summed E-state index contributed by atoms with van der Waals surface area (Å²) >= 11 is 0. The molecule has 0 aliphatic rings. The minimum Gasteiger partial charge on any atom is -0.444 e. The minimum atomic E-state index is -0.888. The van der Waals surface area contributed by atoms with E-state index in [9.17, 15) is 18.8 Å². The van der Waals surface area contributed by atoms with Gasteiger partial charge in [-0.3, -0.25) is 10.1 Å². The molecule has 29 heavy (non-hydrogen) atoms. The molecule has 2 aromatic rings. The normalized spacial score (nSPS) is 11.6. The molecule has 0 aliphatic carbocycles.